The molecule has 23 heavy (non-hydrogen) atoms. The highest BCUT2D eigenvalue weighted by atomic mass is 16.4. The Hall–Kier alpha value is -2.27. The molecule has 5 heteroatoms. The molecule has 2 atom stereocenters. The van der Waals surface area contributed by atoms with Crippen LogP contribution in [0.4, 0.5) is 0 Å². The summed E-state index contributed by atoms with van der Waals surface area (Å²) in [5.74, 6) is 0.739. The third-order valence-electron chi connectivity index (χ3n) is 4.33. The maximum atomic E-state index is 12.5. The zero-order valence-electron chi connectivity index (χ0n) is 12.9. The van der Waals surface area contributed by atoms with Crippen LogP contribution in [0.15, 0.2) is 47.1 Å². The summed E-state index contributed by atoms with van der Waals surface area (Å²) >= 11 is 0. The van der Waals surface area contributed by atoms with Gasteiger partial charge in [0.15, 0.2) is 0 Å². The van der Waals surface area contributed by atoms with Crippen LogP contribution in [0.1, 0.15) is 36.7 Å². The van der Waals surface area contributed by atoms with Crippen molar-refractivity contribution in [2.45, 2.75) is 37.8 Å². The van der Waals surface area contributed by atoms with E-state index >= 15 is 0 Å². The molecule has 2 heterocycles. The maximum Gasteiger partial charge on any atom is 0.227 e. The normalized spacial score (nSPS) is 19.0. The molecule has 5 nitrogen and oxygen atoms in total. The van der Waals surface area contributed by atoms with Crippen LogP contribution in [0, 0.1) is 0 Å². The fourth-order valence-electron chi connectivity index (χ4n) is 3.21. The Morgan fingerprint density at radius 2 is 2.22 bits per heavy atom. The van der Waals surface area contributed by atoms with Gasteiger partial charge >= 0.3 is 0 Å². The van der Waals surface area contributed by atoms with E-state index in [2.05, 4.69) is 0 Å². The summed E-state index contributed by atoms with van der Waals surface area (Å²) in [6, 6.07) is 10.3. The number of aliphatic hydroxyl groups is 1. The molecular formula is C18H21NO4. The van der Waals surface area contributed by atoms with Gasteiger partial charge in [-0.25, -0.2) is 0 Å². The number of nitrogens with zero attached hydrogens (tertiary/aromatic N) is 1. The third kappa shape index (κ3) is 3.74. The summed E-state index contributed by atoms with van der Waals surface area (Å²) in [5, 5.41) is 19.7. The summed E-state index contributed by atoms with van der Waals surface area (Å²) in [4.78, 5) is 14.4. The third-order valence-corrected chi connectivity index (χ3v) is 4.33. The van der Waals surface area contributed by atoms with Gasteiger partial charge in [0.2, 0.25) is 5.91 Å². The lowest BCUT2D eigenvalue weighted by molar-refractivity contribution is -0.131. The van der Waals surface area contributed by atoms with Crippen molar-refractivity contribution in [3.8, 4) is 5.75 Å². The number of hydrogen-bond acceptors (Lipinski definition) is 4. The number of furan rings is 1. The van der Waals surface area contributed by atoms with Crippen molar-refractivity contribution >= 4 is 5.91 Å². The van der Waals surface area contributed by atoms with Crippen molar-refractivity contribution in [2.75, 3.05) is 6.54 Å². The van der Waals surface area contributed by atoms with Crippen LogP contribution in [0.5, 0.6) is 5.75 Å². The van der Waals surface area contributed by atoms with E-state index in [1.54, 1.807) is 30.3 Å². The minimum atomic E-state index is -0.691. The molecule has 3 rings (SSSR count). The van der Waals surface area contributed by atoms with Crippen molar-refractivity contribution in [2.24, 2.45) is 0 Å². The van der Waals surface area contributed by atoms with Gasteiger partial charge in [0.1, 0.15) is 17.6 Å². The van der Waals surface area contributed by atoms with Gasteiger partial charge in [-0.05, 0) is 42.7 Å². The highest BCUT2D eigenvalue weighted by Crippen LogP contribution is 2.28. The number of aromatic hydroxyl groups is 1. The molecule has 1 aromatic heterocycles. The molecule has 1 saturated heterocycles. The number of rotatable bonds is 5. The molecule has 2 aromatic rings. The second-order valence-electron chi connectivity index (χ2n) is 6.00. The van der Waals surface area contributed by atoms with Crippen LogP contribution >= 0.6 is 0 Å². The summed E-state index contributed by atoms with van der Waals surface area (Å²) in [5.41, 5.74) is 0.798. The molecule has 0 saturated carbocycles. The van der Waals surface area contributed by atoms with Gasteiger partial charge < -0.3 is 19.5 Å². The van der Waals surface area contributed by atoms with Crippen LogP contribution in [0.25, 0.3) is 0 Å². The first-order valence-electron chi connectivity index (χ1n) is 7.92. The zero-order chi connectivity index (χ0) is 16.2. The molecule has 1 amide bonds. The monoisotopic (exact) mass is 315 g/mol. The molecule has 1 aliphatic rings. The number of phenols is 1. The van der Waals surface area contributed by atoms with E-state index in [1.165, 1.54) is 6.26 Å². The maximum absolute atomic E-state index is 12.5. The molecule has 1 aliphatic heterocycles. The first-order valence-corrected chi connectivity index (χ1v) is 7.92. The predicted octanol–water partition coefficient (Wildman–Crippen LogP) is 2.64. The molecule has 2 unspecified atom stereocenters. The Kier molecular flexibility index (Phi) is 4.67. The van der Waals surface area contributed by atoms with E-state index < -0.39 is 6.10 Å². The number of aliphatic hydroxyl groups excluding tert-OH is 1. The Balaban J connectivity index is 1.63. The van der Waals surface area contributed by atoms with Crippen LogP contribution in [0.2, 0.25) is 0 Å². The number of phenolic OH excluding ortho intramolecular Hbond substituents is 1. The number of amides is 1. The van der Waals surface area contributed by atoms with Crippen molar-refractivity contribution in [1.82, 2.24) is 4.90 Å². The lowest BCUT2D eigenvalue weighted by Crippen LogP contribution is -2.37. The highest BCUT2D eigenvalue weighted by Gasteiger charge is 2.31. The van der Waals surface area contributed by atoms with E-state index in [1.807, 2.05) is 11.0 Å². The molecule has 1 fully saturated rings. The average molecular weight is 315 g/mol. The first kappa shape index (κ1) is 15.6. The molecule has 1 aromatic carbocycles. The Labute approximate surface area is 135 Å². The fourth-order valence-corrected chi connectivity index (χ4v) is 3.21. The summed E-state index contributed by atoms with van der Waals surface area (Å²) < 4.78 is 5.23. The minimum absolute atomic E-state index is 0.0277. The van der Waals surface area contributed by atoms with Gasteiger partial charge in [-0.3, -0.25) is 4.79 Å². The van der Waals surface area contributed by atoms with Crippen LogP contribution in [-0.4, -0.2) is 33.6 Å². The second-order valence-corrected chi connectivity index (χ2v) is 6.00. The molecular weight excluding hydrogens is 294 g/mol. The van der Waals surface area contributed by atoms with Crippen molar-refractivity contribution < 1.29 is 19.4 Å². The van der Waals surface area contributed by atoms with E-state index in [-0.39, 0.29) is 24.1 Å². The van der Waals surface area contributed by atoms with E-state index in [9.17, 15) is 15.0 Å². The van der Waals surface area contributed by atoms with Gasteiger partial charge in [-0.15, -0.1) is 0 Å². The number of hydrogen-bond donors (Lipinski definition) is 2. The second kappa shape index (κ2) is 6.87. The van der Waals surface area contributed by atoms with Gasteiger partial charge in [0, 0.05) is 19.0 Å². The highest BCUT2D eigenvalue weighted by molar-refractivity contribution is 5.79. The van der Waals surface area contributed by atoms with Crippen molar-refractivity contribution in [3.05, 3.63) is 54.0 Å². The van der Waals surface area contributed by atoms with E-state index in [4.69, 9.17) is 4.42 Å². The fraction of sp³-hybridized carbons (Fsp3) is 0.389. The summed E-state index contributed by atoms with van der Waals surface area (Å²) in [6.07, 6.45) is 3.44. The van der Waals surface area contributed by atoms with Gasteiger partial charge in [-0.2, -0.15) is 0 Å². The SMILES string of the molecule is O=C(Cc1cccc(O)c1)N1CCCC1CC(O)c1ccco1. The standard InChI is InChI=1S/C18H21NO4/c20-15-6-1-4-13(10-15)11-18(22)19-8-2-5-14(19)12-16(21)17-7-3-9-23-17/h1,3-4,6-7,9-10,14,16,20-21H,2,5,8,11-12H2. The summed E-state index contributed by atoms with van der Waals surface area (Å²) in [6.45, 7) is 0.715. The number of likely N-dealkylation sites (tertiary alicyclic amines) is 1. The lowest BCUT2D eigenvalue weighted by atomic mass is 10.0. The number of carbonyl (C=O) groups excluding carboxylic acids is 1. The Morgan fingerprint density at radius 3 is 2.96 bits per heavy atom. The smallest absolute Gasteiger partial charge is 0.227 e. The number of carbonyl (C=O) groups is 1. The summed E-state index contributed by atoms with van der Waals surface area (Å²) in [7, 11) is 0. The van der Waals surface area contributed by atoms with E-state index in [0.717, 1.165) is 18.4 Å². The topological polar surface area (TPSA) is 73.9 Å². The van der Waals surface area contributed by atoms with Gasteiger partial charge in [0.25, 0.3) is 0 Å². The van der Waals surface area contributed by atoms with Crippen LogP contribution in [-0.2, 0) is 11.2 Å². The molecule has 0 radical (unpaired) electrons. The Morgan fingerprint density at radius 1 is 1.35 bits per heavy atom. The molecule has 0 bridgehead atoms. The molecule has 0 aliphatic carbocycles. The van der Waals surface area contributed by atoms with E-state index in [0.29, 0.717) is 18.7 Å². The van der Waals surface area contributed by atoms with Crippen LogP contribution < -0.4 is 0 Å². The van der Waals surface area contributed by atoms with Gasteiger partial charge in [0.05, 0.1) is 12.7 Å². The molecule has 122 valence electrons. The molecule has 0 spiro atoms. The van der Waals surface area contributed by atoms with Crippen LogP contribution in [0.3, 0.4) is 0 Å². The largest absolute Gasteiger partial charge is 0.508 e. The minimum Gasteiger partial charge on any atom is -0.508 e. The lowest BCUT2D eigenvalue weighted by Gasteiger charge is -2.26. The average Bonchev–Trinajstić information content (AvgIpc) is 3.18. The predicted molar refractivity (Wildman–Crippen MR) is 84.8 cm³/mol. The van der Waals surface area contributed by atoms with Crippen molar-refractivity contribution in [1.29, 1.82) is 0 Å². The number of benzene rings is 1. The zero-order valence-corrected chi connectivity index (χ0v) is 12.9. The molecule has 2 N–H and O–H groups in total. The van der Waals surface area contributed by atoms with Gasteiger partial charge in [-0.1, -0.05) is 12.1 Å². The quantitative estimate of drug-likeness (QED) is 0.889. The first-order chi connectivity index (χ1) is 11.1. The Bertz CT molecular complexity index is 653. The van der Waals surface area contributed by atoms with Crippen molar-refractivity contribution in [3.63, 3.8) is 0 Å².